The Morgan fingerprint density at radius 1 is 1.59 bits per heavy atom. The van der Waals surface area contributed by atoms with E-state index >= 15 is 0 Å². The maximum absolute atomic E-state index is 6.01. The number of ether oxygens (including phenoxy) is 1. The lowest BCUT2D eigenvalue weighted by molar-refractivity contribution is 0.0381. The number of rotatable bonds is 3. The first-order valence-corrected chi connectivity index (χ1v) is 6.34. The van der Waals surface area contributed by atoms with Gasteiger partial charge in [-0.15, -0.1) is 0 Å². The number of anilines is 1. The molecule has 1 fully saturated rings. The molecule has 1 atom stereocenters. The largest absolute Gasteiger partial charge is 0.375 e. The van der Waals surface area contributed by atoms with Gasteiger partial charge in [-0.2, -0.15) is 0 Å². The zero-order valence-corrected chi connectivity index (χ0v) is 10.8. The van der Waals surface area contributed by atoms with Crippen molar-refractivity contribution >= 4 is 17.4 Å². The lowest BCUT2D eigenvalue weighted by Gasteiger charge is -2.33. The van der Waals surface area contributed by atoms with Crippen molar-refractivity contribution in [3.63, 3.8) is 0 Å². The summed E-state index contributed by atoms with van der Waals surface area (Å²) in [5, 5.41) is 0.636. The molecule has 0 aliphatic carbocycles. The SMILES string of the molecule is CCC1CN(c2ccc(Cl)c(CN)n2)CCO1. The Bertz CT molecular complexity index is 386. The number of halogens is 1. The van der Waals surface area contributed by atoms with Gasteiger partial charge in [0.25, 0.3) is 0 Å². The fourth-order valence-electron chi connectivity index (χ4n) is 1.97. The first-order valence-electron chi connectivity index (χ1n) is 5.96. The molecule has 2 rings (SSSR count). The van der Waals surface area contributed by atoms with Gasteiger partial charge in [-0.25, -0.2) is 4.98 Å². The molecule has 5 heteroatoms. The van der Waals surface area contributed by atoms with Crippen LogP contribution < -0.4 is 10.6 Å². The Balaban J connectivity index is 2.16. The van der Waals surface area contributed by atoms with Crippen molar-refractivity contribution in [1.29, 1.82) is 0 Å². The molecule has 0 spiro atoms. The van der Waals surface area contributed by atoms with Crippen molar-refractivity contribution in [2.45, 2.75) is 26.0 Å². The van der Waals surface area contributed by atoms with Crippen molar-refractivity contribution in [2.75, 3.05) is 24.6 Å². The summed E-state index contributed by atoms with van der Waals surface area (Å²) >= 11 is 6.01. The number of nitrogens with zero attached hydrogens (tertiary/aromatic N) is 2. The standard InChI is InChI=1S/C12H18ClN3O/c1-2-9-8-16(5-6-17-9)12-4-3-10(13)11(7-14)15-12/h3-4,9H,2,5-8,14H2,1H3. The summed E-state index contributed by atoms with van der Waals surface area (Å²) in [6.07, 6.45) is 1.32. The number of nitrogens with two attached hydrogens (primary N) is 1. The predicted octanol–water partition coefficient (Wildman–Crippen LogP) is 1.81. The highest BCUT2D eigenvalue weighted by Gasteiger charge is 2.20. The monoisotopic (exact) mass is 255 g/mol. The molecule has 1 aliphatic rings. The van der Waals surface area contributed by atoms with E-state index in [1.807, 2.05) is 12.1 Å². The summed E-state index contributed by atoms with van der Waals surface area (Å²) < 4.78 is 5.64. The van der Waals surface area contributed by atoms with Gasteiger partial charge in [0.2, 0.25) is 0 Å². The van der Waals surface area contributed by atoms with Crippen LogP contribution in [0.3, 0.4) is 0 Å². The van der Waals surface area contributed by atoms with E-state index in [2.05, 4.69) is 16.8 Å². The zero-order chi connectivity index (χ0) is 12.3. The van der Waals surface area contributed by atoms with Crippen LogP contribution >= 0.6 is 11.6 Å². The van der Waals surface area contributed by atoms with E-state index in [1.165, 1.54) is 0 Å². The van der Waals surface area contributed by atoms with Crippen LogP contribution in [0, 0.1) is 0 Å². The first kappa shape index (κ1) is 12.6. The summed E-state index contributed by atoms with van der Waals surface area (Å²) in [6, 6.07) is 3.81. The third kappa shape index (κ3) is 2.89. The molecular formula is C12H18ClN3O. The number of hydrogen-bond acceptors (Lipinski definition) is 4. The van der Waals surface area contributed by atoms with E-state index in [1.54, 1.807) is 0 Å². The van der Waals surface area contributed by atoms with E-state index in [0.29, 0.717) is 17.7 Å². The van der Waals surface area contributed by atoms with Crippen LogP contribution in [0.1, 0.15) is 19.0 Å². The van der Waals surface area contributed by atoms with Crippen molar-refractivity contribution in [2.24, 2.45) is 5.73 Å². The molecule has 0 aromatic carbocycles. The average molecular weight is 256 g/mol. The molecule has 0 radical (unpaired) electrons. The van der Waals surface area contributed by atoms with E-state index < -0.39 is 0 Å². The molecule has 0 bridgehead atoms. The van der Waals surface area contributed by atoms with Crippen LogP contribution in [-0.2, 0) is 11.3 Å². The van der Waals surface area contributed by atoms with Crippen LogP contribution in [0.5, 0.6) is 0 Å². The Kier molecular flexibility index (Phi) is 4.20. The molecule has 4 nitrogen and oxygen atoms in total. The summed E-state index contributed by atoms with van der Waals surface area (Å²) in [5.41, 5.74) is 6.37. The van der Waals surface area contributed by atoms with Crippen molar-refractivity contribution < 1.29 is 4.74 Å². The molecule has 1 aliphatic heterocycles. The summed E-state index contributed by atoms with van der Waals surface area (Å²) in [5.74, 6) is 0.941. The van der Waals surface area contributed by atoms with Crippen LogP contribution in [0.4, 0.5) is 5.82 Å². The first-order chi connectivity index (χ1) is 8.24. The van der Waals surface area contributed by atoms with Crippen molar-refractivity contribution in [1.82, 2.24) is 4.98 Å². The zero-order valence-electron chi connectivity index (χ0n) is 10.0. The lowest BCUT2D eigenvalue weighted by Crippen LogP contribution is -2.42. The minimum Gasteiger partial charge on any atom is -0.375 e. The second-order valence-corrected chi connectivity index (χ2v) is 4.56. The second kappa shape index (κ2) is 5.67. The molecule has 1 unspecified atom stereocenters. The maximum Gasteiger partial charge on any atom is 0.129 e. The van der Waals surface area contributed by atoms with Crippen molar-refractivity contribution in [3.05, 3.63) is 22.8 Å². The molecule has 94 valence electrons. The minimum atomic E-state index is 0.294. The number of morpholine rings is 1. The van der Waals surface area contributed by atoms with Gasteiger partial charge >= 0.3 is 0 Å². The second-order valence-electron chi connectivity index (χ2n) is 4.15. The van der Waals surface area contributed by atoms with Gasteiger partial charge in [0, 0.05) is 19.6 Å². The molecule has 0 amide bonds. The summed E-state index contributed by atoms with van der Waals surface area (Å²) in [7, 11) is 0. The molecule has 1 aromatic rings. The molecular weight excluding hydrogens is 238 g/mol. The van der Waals surface area contributed by atoms with Gasteiger partial charge in [0.1, 0.15) is 5.82 Å². The van der Waals surface area contributed by atoms with Gasteiger partial charge in [-0.3, -0.25) is 0 Å². The van der Waals surface area contributed by atoms with Gasteiger partial charge in [0.05, 0.1) is 23.4 Å². The molecule has 2 N–H and O–H groups in total. The Morgan fingerprint density at radius 2 is 2.41 bits per heavy atom. The van der Waals surface area contributed by atoms with Gasteiger partial charge in [0.15, 0.2) is 0 Å². The van der Waals surface area contributed by atoms with E-state index in [0.717, 1.165) is 37.6 Å². The smallest absolute Gasteiger partial charge is 0.129 e. The van der Waals surface area contributed by atoms with Gasteiger partial charge < -0.3 is 15.4 Å². The van der Waals surface area contributed by atoms with E-state index in [4.69, 9.17) is 22.1 Å². The van der Waals surface area contributed by atoms with Gasteiger partial charge in [-0.1, -0.05) is 18.5 Å². The highest BCUT2D eigenvalue weighted by Crippen LogP contribution is 2.21. The van der Waals surface area contributed by atoms with Crippen LogP contribution in [0.15, 0.2) is 12.1 Å². The summed E-state index contributed by atoms with van der Waals surface area (Å²) in [6.45, 7) is 5.01. The van der Waals surface area contributed by atoms with Crippen molar-refractivity contribution in [3.8, 4) is 0 Å². The van der Waals surface area contributed by atoms with Crippen LogP contribution in [0.2, 0.25) is 5.02 Å². The number of pyridine rings is 1. The maximum atomic E-state index is 6.01. The lowest BCUT2D eigenvalue weighted by atomic mass is 10.2. The Labute approximate surface area is 107 Å². The number of aromatic nitrogens is 1. The average Bonchev–Trinajstić information content (AvgIpc) is 2.39. The Hall–Kier alpha value is -0.840. The fraction of sp³-hybridized carbons (Fsp3) is 0.583. The minimum absolute atomic E-state index is 0.294. The third-order valence-electron chi connectivity index (χ3n) is 3.02. The predicted molar refractivity (Wildman–Crippen MR) is 69.4 cm³/mol. The quantitative estimate of drug-likeness (QED) is 0.895. The molecule has 1 aromatic heterocycles. The molecule has 2 heterocycles. The van der Waals surface area contributed by atoms with E-state index in [-0.39, 0.29) is 0 Å². The van der Waals surface area contributed by atoms with Crippen LogP contribution in [-0.4, -0.2) is 30.8 Å². The normalized spacial score (nSPS) is 20.6. The Morgan fingerprint density at radius 3 is 3.12 bits per heavy atom. The molecule has 17 heavy (non-hydrogen) atoms. The van der Waals surface area contributed by atoms with Gasteiger partial charge in [-0.05, 0) is 18.6 Å². The third-order valence-corrected chi connectivity index (χ3v) is 3.36. The molecule has 0 saturated carbocycles. The molecule has 1 saturated heterocycles. The highest BCUT2D eigenvalue weighted by atomic mass is 35.5. The summed E-state index contributed by atoms with van der Waals surface area (Å²) in [4.78, 5) is 6.73. The topological polar surface area (TPSA) is 51.4 Å². The van der Waals surface area contributed by atoms with Crippen LogP contribution in [0.25, 0.3) is 0 Å². The fourth-order valence-corrected chi connectivity index (χ4v) is 2.15. The highest BCUT2D eigenvalue weighted by molar-refractivity contribution is 6.31. The number of hydrogen-bond donors (Lipinski definition) is 1. The van der Waals surface area contributed by atoms with E-state index in [9.17, 15) is 0 Å².